The van der Waals surface area contributed by atoms with E-state index in [-0.39, 0.29) is 11.9 Å². The van der Waals surface area contributed by atoms with Gasteiger partial charge in [0.25, 0.3) is 0 Å². The van der Waals surface area contributed by atoms with Gasteiger partial charge in [0.05, 0.1) is 30.6 Å². The highest BCUT2D eigenvalue weighted by atomic mass is 19.1. The van der Waals surface area contributed by atoms with Crippen LogP contribution in [0.4, 0.5) is 10.2 Å². The summed E-state index contributed by atoms with van der Waals surface area (Å²) in [4.78, 5) is 5.00. The molecule has 5 rings (SSSR count). The highest BCUT2D eigenvalue weighted by molar-refractivity contribution is 5.76. The van der Waals surface area contributed by atoms with Gasteiger partial charge < -0.3 is 20.7 Å². The molecule has 2 aromatic heterocycles. The zero-order valence-electron chi connectivity index (χ0n) is 18.2. The maximum Gasteiger partial charge on any atom is 0.134 e. The highest BCUT2D eigenvalue weighted by Crippen LogP contribution is 2.38. The van der Waals surface area contributed by atoms with Crippen molar-refractivity contribution in [3.8, 4) is 16.9 Å². The van der Waals surface area contributed by atoms with E-state index in [1.54, 1.807) is 23.9 Å². The number of nitrogens with zero attached hydrogens (tertiary/aromatic N) is 3. The van der Waals surface area contributed by atoms with E-state index in [2.05, 4.69) is 27.1 Å². The van der Waals surface area contributed by atoms with Crippen molar-refractivity contribution in [1.29, 1.82) is 0 Å². The van der Waals surface area contributed by atoms with Gasteiger partial charge in [-0.25, -0.2) is 9.37 Å². The molecule has 0 radical (unpaired) electrons. The Morgan fingerprint density at radius 1 is 1.25 bits per heavy atom. The molecule has 0 amide bonds. The van der Waals surface area contributed by atoms with E-state index in [1.807, 2.05) is 31.7 Å². The number of pyridine rings is 1. The van der Waals surface area contributed by atoms with Crippen molar-refractivity contribution in [3.63, 3.8) is 0 Å². The van der Waals surface area contributed by atoms with E-state index in [0.29, 0.717) is 23.8 Å². The highest BCUT2D eigenvalue weighted by Gasteiger charge is 2.26. The van der Waals surface area contributed by atoms with Crippen LogP contribution < -0.4 is 20.7 Å². The summed E-state index contributed by atoms with van der Waals surface area (Å²) in [6.45, 7) is 1.92. The molecule has 3 aromatic rings. The summed E-state index contributed by atoms with van der Waals surface area (Å²) in [5, 5.41) is 14.7. The first-order chi connectivity index (χ1) is 15.6. The van der Waals surface area contributed by atoms with Crippen molar-refractivity contribution in [1.82, 2.24) is 25.4 Å². The number of ether oxygens (including phenoxy) is 1. The fourth-order valence-electron chi connectivity index (χ4n) is 4.43. The summed E-state index contributed by atoms with van der Waals surface area (Å²) in [6, 6.07) is 9.32. The first-order valence-electron chi connectivity index (χ1n) is 10.9. The lowest BCUT2D eigenvalue weighted by atomic mass is 9.98. The number of anilines is 1. The lowest BCUT2D eigenvalue weighted by Crippen LogP contribution is -2.23. The molecule has 0 aliphatic carbocycles. The Labute approximate surface area is 186 Å². The second kappa shape index (κ2) is 8.63. The second-order valence-electron chi connectivity index (χ2n) is 8.28. The molecule has 4 heterocycles. The predicted octanol–water partition coefficient (Wildman–Crippen LogP) is 3.48. The average molecular weight is 435 g/mol. The van der Waals surface area contributed by atoms with E-state index in [1.165, 1.54) is 6.07 Å². The first kappa shape index (κ1) is 20.5. The summed E-state index contributed by atoms with van der Waals surface area (Å²) >= 11 is 0. The van der Waals surface area contributed by atoms with Crippen LogP contribution in [0.1, 0.15) is 30.1 Å². The second-order valence-corrected chi connectivity index (χ2v) is 8.28. The quantitative estimate of drug-likeness (QED) is 0.552. The van der Waals surface area contributed by atoms with Crippen LogP contribution in [0, 0.1) is 5.82 Å². The zero-order valence-corrected chi connectivity index (χ0v) is 18.2. The molecule has 0 spiro atoms. The molecule has 7 nitrogen and oxygen atoms in total. The Bertz CT molecular complexity index is 1150. The van der Waals surface area contributed by atoms with Crippen molar-refractivity contribution in [2.75, 3.05) is 25.5 Å². The molecular weight excluding hydrogens is 407 g/mol. The van der Waals surface area contributed by atoms with E-state index in [4.69, 9.17) is 9.72 Å². The number of aromatic nitrogens is 3. The Morgan fingerprint density at radius 2 is 2.16 bits per heavy atom. The molecule has 3 N–H and O–H groups in total. The lowest BCUT2D eigenvalue weighted by molar-refractivity contribution is 0.409. The van der Waals surface area contributed by atoms with Crippen LogP contribution in [0.15, 0.2) is 48.9 Å². The van der Waals surface area contributed by atoms with Gasteiger partial charge in [-0.3, -0.25) is 4.68 Å². The molecule has 32 heavy (non-hydrogen) atoms. The fraction of sp³-hybridized carbons (Fsp3) is 0.333. The third kappa shape index (κ3) is 3.93. The Kier molecular flexibility index (Phi) is 5.53. The molecule has 1 saturated heterocycles. The van der Waals surface area contributed by atoms with Gasteiger partial charge >= 0.3 is 0 Å². The van der Waals surface area contributed by atoms with Gasteiger partial charge in [-0.2, -0.15) is 5.10 Å². The minimum atomic E-state index is -0.283. The van der Waals surface area contributed by atoms with E-state index < -0.39 is 0 Å². The normalized spacial score (nSPS) is 20.2. The standard InChI is InChI=1S/C24H27FN6O/c1-31-14-16(12-28-31)18-6-7-20(30-24(18)29-17-8-9-26-13-17)21-10-15(11-27-21)23-19(25)4-3-5-22(23)32-2/h3-7,11-12,14,17,21,26-27H,8-10,13H2,1-2H3,(H,29,30). The van der Waals surface area contributed by atoms with Crippen LogP contribution in [-0.2, 0) is 7.05 Å². The minimum absolute atomic E-state index is 0.0421. The number of hydrogen-bond acceptors (Lipinski definition) is 6. The number of aryl methyl sites for hydroxylation is 1. The molecule has 2 atom stereocenters. The summed E-state index contributed by atoms with van der Waals surface area (Å²) in [6.07, 6.45) is 7.40. The minimum Gasteiger partial charge on any atom is -0.496 e. The van der Waals surface area contributed by atoms with Gasteiger partial charge in [-0.1, -0.05) is 6.07 Å². The van der Waals surface area contributed by atoms with E-state index in [0.717, 1.165) is 47.7 Å². The smallest absolute Gasteiger partial charge is 0.134 e. The molecule has 8 heteroatoms. The molecule has 2 aliphatic rings. The van der Waals surface area contributed by atoms with Crippen molar-refractivity contribution < 1.29 is 9.13 Å². The van der Waals surface area contributed by atoms with Gasteiger partial charge in [-0.15, -0.1) is 0 Å². The summed E-state index contributed by atoms with van der Waals surface area (Å²) in [5.41, 5.74) is 4.34. The first-order valence-corrected chi connectivity index (χ1v) is 10.9. The van der Waals surface area contributed by atoms with Gasteiger partial charge in [0.1, 0.15) is 17.4 Å². The lowest BCUT2D eigenvalue weighted by Gasteiger charge is -2.19. The molecule has 2 aliphatic heterocycles. The van der Waals surface area contributed by atoms with Crippen LogP contribution in [0.3, 0.4) is 0 Å². The number of rotatable bonds is 6. The number of benzene rings is 1. The third-order valence-electron chi connectivity index (χ3n) is 6.09. The SMILES string of the molecule is COc1cccc(F)c1C1=CNC(c2ccc(-c3cnn(C)c3)c(NC3CCNC3)n2)C1. The molecule has 1 aromatic carbocycles. The number of halogens is 1. The number of methoxy groups -OCH3 is 1. The zero-order chi connectivity index (χ0) is 22.1. The number of nitrogens with one attached hydrogen (secondary N) is 3. The van der Waals surface area contributed by atoms with Crippen molar-refractivity contribution in [2.45, 2.75) is 24.9 Å². The van der Waals surface area contributed by atoms with Crippen LogP contribution >= 0.6 is 0 Å². The van der Waals surface area contributed by atoms with E-state index in [9.17, 15) is 4.39 Å². The van der Waals surface area contributed by atoms with Crippen molar-refractivity contribution in [3.05, 3.63) is 66.0 Å². The number of hydrogen-bond donors (Lipinski definition) is 3. The van der Waals surface area contributed by atoms with E-state index >= 15 is 0 Å². The predicted molar refractivity (Wildman–Crippen MR) is 123 cm³/mol. The van der Waals surface area contributed by atoms with Crippen molar-refractivity contribution >= 4 is 11.4 Å². The van der Waals surface area contributed by atoms with Gasteiger partial charge in [0.2, 0.25) is 0 Å². The maximum atomic E-state index is 14.6. The summed E-state index contributed by atoms with van der Waals surface area (Å²) in [5.74, 6) is 1.10. The fourth-order valence-corrected chi connectivity index (χ4v) is 4.43. The van der Waals surface area contributed by atoms with Crippen LogP contribution in [-0.4, -0.2) is 41.0 Å². The van der Waals surface area contributed by atoms with Gasteiger partial charge in [-0.05, 0) is 42.8 Å². The third-order valence-corrected chi connectivity index (χ3v) is 6.09. The van der Waals surface area contributed by atoms with Crippen LogP contribution in [0.2, 0.25) is 0 Å². The molecule has 2 unspecified atom stereocenters. The van der Waals surface area contributed by atoms with Crippen LogP contribution in [0.5, 0.6) is 5.75 Å². The Hall–Kier alpha value is -3.39. The van der Waals surface area contributed by atoms with Gasteiger partial charge in [0.15, 0.2) is 0 Å². The Morgan fingerprint density at radius 3 is 2.91 bits per heavy atom. The summed E-state index contributed by atoms with van der Waals surface area (Å²) < 4.78 is 21.7. The monoisotopic (exact) mass is 434 g/mol. The Balaban J connectivity index is 1.43. The molecule has 166 valence electrons. The van der Waals surface area contributed by atoms with Gasteiger partial charge in [0, 0.05) is 49.6 Å². The largest absolute Gasteiger partial charge is 0.496 e. The molecular formula is C24H27FN6O. The maximum absolute atomic E-state index is 14.6. The molecule has 0 saturated carbocycles. The van der Waals surface area contributed by atoms with Crippen molar-refractivity contribution in [2.24, 2.45) is 7.05 Å². The van der Waals surface area contributed by atoms with Crippen LogP contribution in [0.25, 0.3) is 16.7 Å². The topological polar surface area (TPSA) is 76.0 Å². The molecule has 0 bridgehead atoms. The average Bonchev–Trinajstić information content (AvgIpc) is 3.56. The molecule has 1 fully saturated rings. The summed E-state index contributed by atoms with van der Waals surface area (Å²) in [7, 11) is 3.47.